The van der Waals surface area contributed by atoms with E-state index in [9.17, 15) is 9.50 Å². The summed E-state index contributed by atoms with van der Waals surface area (Å²) in [7, 11) is 0. The van der Waals surface area contributed by atoms with Gasteiger partial charge in [0.2, 0.25) is 11.7 Å². The van der Waals surface area contributed by atoms with Gasteiger partial charge in [0.15, 0.2) is 0 Å². The van der Waals surface area contributed by atoms with E-state index < -0.39 is 6.10 Å². The molecule has 0 fully saturated rings. The van der Waals surface area contributed by atoms with Crippen molar-refractivity contribution in [2.45, 2.75) is 25.9 Å². The van der Waals surface area contributed by atoms with Crippen molar-refractivity contribution >= 4 is 0 Å². The van der Waals surface area contributed by atoms with Crippen LogP contribution in [0.1, 0.15) is 19.2 Å². The Hall–Kier alpha value is -1.75. The van der Waals surface area contributed by atoms with E-state index in [1.54, 1.807) is 12.1 Å². The van der Waals surface area contributed by atoms with E-state index in [1.165, 1.54) is 12.1 Å². The van der Waals surface area contributed by atoms with Crippen molar-refractivity contribution in [1.82, 2.24) is 10.1 Å². The van der Waals surface area contributed by atoms with Crippen LogP contribution < -0.4 is 0 Å². The molecule has 0 amide bonds. The Balaban J connectivity index is 2.18. The van der Waals surface area contributed by atoms with Crippen LogP contribution in [0.3, 0.4) is 0 Å². The molecule has 0 aliphatic heterocycles. The number of halogens is 1. The smallest absolute Gasteiger partial charge is 0.229 e. The maximum absolute atomic E-state index is 13.0. The highest BCUT2D eigenvalue weighted by Crippen LogP contribution is 2.17. The van der Waals surface area contributed by atoms with Crippen molar-refractivity contribution < 1.29 is 14.0 Å². The lowest BCUT2D eigenvalue weighted by atomic mass is 10.2. The standard InChI is InChI=1S/C12H13FN2O2/c1-2-10(16)7-11-14-12(15-17-11)8-4-3-5-9(13)6-8/h3-6,10,16H,2,7H2,1H3. The number of hydrogen-bond donors (Lipinski definition) is 1. The third-order valence-electron chi connectivity index (χ3n) is 2.43. The van der Waals surface area contributed by atoms with Crippen LogP contribution >= 0.6 is 0 Å². The second kappa shape index (κ2) is 5.05. The minimum absolute atomic E-state index is 0.318. The van der Waals surface area contributed by atoms with Gasteiger partial charge in [-0.25, -0.2) is 4.39 Å². The fourth-order valence-corrected chi connectivity index (χ4v) is 1.43. The zero-order chi connectivity index (χ0) is 12.3. The van der Waals surface area contributed by atoms with Gasteiger partial charge in [0.25, 0.3) is 0 Å². The van der Waals surface area contributed by atoms with Gasteiger partial charge in [-0.05, 0) is 18.6 Å². The highest BCUT2D eigenvalue weighted by Gasteiger charge is 2.12. The fraction of sp³-hybridized carbons (Fsp3) is 0.333. The zero-order valence-electron chi connectivity index (χ0n) is 9.43. The van der Waals surface area contributed by atoms with E-state index in [-0.39, 0.29) is 5.82 Å². The molecule has 90 valence electrons. The van der Waals surface area contributed by atoms with Crippen LogP contribution in [0, 0.1) is 5.82 Å². The molecule has 0 saturated heterocycles. The lowest BCUT2D eigenvalue weighted by molar-refractivity contribution is 0.158. The van der Waals surface area contributed by atoms with Crippen LogP contribution in [0.25, 0.3) is 11.4 Å². The molecule has 0 spiro atoms. The van der Waals surface area contributed by atoms with Crippen LogP contribution in [0.5, 0.6) is 0 Å². The first kappa shape index (κ1) is 11.7. The van der Waals surface area contributed by atoms with Crippen molar-refractivity contribution in [3.05, 3.63) is 36.0 Å². The van der Waals surface area contributed by atoms with Crippen LogP contribution in [-0.2, 0) is 6.42 Å². The van der Waals surface area contributed by atoms with Crippen molar-refractivity contribution in [3.63, 3.8) is 0 Å². The number of benzene rings is 1. The predicted molar refractivity (Wildman–Crippen MR) is 59.7 cm³/mol. The number of nitrogens with zero attached hydrogens (tertiary/aromatic N) is 2. The quantitative estimate of drug-likeness (QED) is 0.884. The summed E-state index contributed by atoms with van der Waals surface area (Å²) in [5, 5.41) is 13.2. The van der Waals surface area contributed by atoms with Crippen molar-refractivity contribution in [1.29, 1.82) is 0 Å². The molecule has 0 bridgehead atoms. The van der Waals surface area contributed by atoms with E-state index in [0.29, 0.717) is 30.1 Å². The van der Waals surface area contributed by atoms with Crippen molar-refractivity contribution in [2.75, 3.05) is 0 Å². The third-order valence-corrected chi connectivity index (χ3v) is 2.43. The zero-order valence-corrected chi connectivity index (χ0v) is 9.43. The normalized spacial score (nSPS) is 12.6. The van der Waals surface area contributed by atoms with Crippen LogP contribution in [0.15, 0.2) is 28.8 Å². The molecule has 1 heterocycles. The average molecular weight is 236 g/mol. The molecule has 5 heteroatoms. The van der Waals surface area contributed by atoms with Crippen molar-refractivity contribution in [2.24, 2.45) is 0 Å². The molecule has 2 aromatic rings. The van der Waals surface area contributed by atoms with E-state index in [4.69, 9.17) is 4.52 Å². The predicted octanol–water partition coefficient (Wildman–Crippen LogP) is 2.19. The molecule has 1 atom stereocenters. The molecule has 0 radical (unpaired) electrons. The summed E-state index contributed by atoms with van der Waals surface area (Å²) in [4.78, 5) is 4.11. The Bertz CT molecular complexity index is 499. The first-order chi connectivity index (χ1) is 8.19. The average Bonchev–Trinajstić information content (AvgIpc) is 2.77. The van der Waals surface area contributed by atoms with Gasteiger partial charge >= 0.3 is 0 Å². The minimum atomic E-state index is -0.490. The molecular weight excluding hydrogens is 223 g/mol. The molecule has 1 aromatic heterocycles. The lowest BCUT2D eigenvalue weighted by Gasteiger charge is -2.01. The Labute approximate surface area is 98.1 Å². The number of aromatic nitrogens is 2. The highest BCUT2D eigenvalue weighted by molar-refractivity contribution is 5.53. The Morgan fingerprint density at radius 2 is 2.29 bits per heavy atom. The summed E-state index contributed by atoms with van der Waals surface area (Å²) in [5.41, 5.74) is 0.561. The summed E-state index contributed by atoms with van der Waals surface area (Å²) in [6, 6.07) is 5.98. The van der Waals surface area contributed by atoms with Gasteiger partial charge in [-0.3, -0.25) is 0 Å². The summed E-state index contributed by atoms with van der Waals surface area (Å²) >= 11 is 0. The van der Waals surface area contributed by atoms with E-state index in [0.717, 1.165) is 0 Å². The van der Waals surface area contributed by atoms with E-state index in [2.05, 4.69) is 10.1 Å². The van der Waals surface area contributed by atoms with Gasteiger partial charge in [0.05, 0.1) is 12.5 Å². The van der Waals surface area contributed by atoms with Gasteiger partial charge < -0.3 is 9.63 Å². The topological polar surface area (TPSA) is 59.2 Å². The van der Waals surface area contributed by atoms with Crippen molar-refractivity contribution in [3.8, 4) is 11.4 Å². The summed E-state index contributed by atoms with van der Waals surface area (Å²) in [5.74, 6) is 0.351. The Morgan fingerprint density at radius 3 is 3.00 bits per heavy atom. The maximum Gasteiger partial charge on any atom is 0.229 e. The Morgan fingerprint density at radius 1 is 1.47 bits per heavy atom. The minimum Gasteiger partial charge on any atom is -0.393 e. The van der Waals surface area contributed by atoms with Gasteiger partial charge in [0, 0.05) is 5.56 Å². The number of hydrogen-bond acceptors (Lipinski definition) is 4. The molecule has 0 aliphatic carbocycles. The lowest BCUT2D eigenvalue weighted by Crippen LogP contribution is -2.08. The molecule has 1 aromatic carbocycles. The third kappa shape index (κ3) is 2.88. The molecule has 1 N–H and O–H groups in total. The van der Waals surface area contributed by atoms with Crippen LogP contribution in [0.4, 0.5) is 4.39 Å². The summed E-state index contributed by atoms with van der Waals surface area (Å²) in [6.45, 7) is 1.87. The number of aliphatic hydroxyl groups excluding tert-OH is 1. The fourth-order valence-electron chi connectivity index (χ4n) is 1.43. The second-order valence-electron chi connectivity index (χ2n) is 3.79. The number of rotatable bonds is 4. The maximum atomic E-state index is 13.0. The summed E-state index contributed by atoms with van der Waals surface area (Å²) < 4.78 is 18.0. The van der Waals surface area contributed by atoms with E-state index in [1.807, 2.05) is 6.92 Å². The molecule has 0 aliphatic rings. The van der Waals surface area contributed by atoms with Crippen LogP contribution in [-0.4, -0.2) is 21.4 Å². The second-order valence-corrected chi connectivity index (χ2v) is 3.79. The number of aliphatic hydroxyl groups is 1. The first-order valence-corrected chi connectivity index (χ1v) is 5.45. The van der Waals surface area contributed by atoms with Gasteiger partial charge in [-0.1, -0.05) is 24.2 Å². The summed E-state index contributed by atoms with van der Waals surface area (Å²) in [6.07, 6.45) is 0.451. The molecule has 1 unspecified atom stereocenters. The molecule has 17 heavy (non-hydrogen) atoms. The molecule has 4 nitrogen and oxygen atoms in total. The monoisotopic (exact) mass is 236 g/mol. The molecule has 2 rings (SSSR count). The highest BCUT2D eigenvalue weighted by atomic mass is 19.1. The Kier molecular flexibility index (Phi) is 3.49. The molecular formula is C12H13FN2O2. The largest absolute Gasteiger partial charge is 0.393 e. The first-order valence-electron chi connectivity index (χ1n) is 5.45. The molecule has 0 saturated carbocycles. The van der Waals surface area contributed by atoms with Gasteiger partial charge in [-0.15, -0.1) is 0 Å². The van der Waals surface area contributed by atoms with Gasteiger partial charge in [-0.2, -0.15) is 4.98 Å². The van der Waals surface area contributed by atoms with Gasteiger partial charge in [0.1, 0.15) is 5.82 Å². The van der Waals surface area contributed by atoms with E-state index >= 15 is 0 Å². The van der Waals surface area contributed by atoms with Crippen LogP contribution in [0.2, 0.25) is 0 Å². The SMILES string of the molecule is CCC(O)Cc1nc(-c2cccc(F)c2)no1.